The number of unbranched alkanes of at least 4 members (excludes halogenated alkanes) is 58. The molecule has 0 bridgehead atoms. The number of allylic oxidation sites excluding steroid dienone is 28. The van der Waals surface area contributed by atoms with Crippen molar-refractivity contribution in [2.24, 2.45) is 0 Å². The van der Waals surface area contributed by atoms with Crippen LogP contribution in [0.4, 0.5) is 0 Å². The highest BCUT2D eigenvalue weighted by atomic mass is 31.2. The van der Waals surface area contributed by atoms with E-state index in [2.05, 4.69) is 191 Å². The quantitative estimate of drug-likeness (QED) is 0.0146. The first-order valence-electron chi connectivity index (χ1n) is 57.4. The van der Waals surface area contributed by atoms with Crippen molar-refractivity contribution < 1.29 is 75.8 Å². The molecule has 0 amide bonds. The molecule has 0 aliphatic carbocycles. The fraction of sp³-hybridized carbons (Fsp3) is 0.744. The molecule has 0 aliphatic rings. The van der Waals surface area contributed by atoms with E-state index < -0.39 is 91.5 Å². The van der Waals surface area contributed by atoms with Crippen molar-refractivity contribution in [3.05, 3.63) is 170 Å². The largest absolute Gasteiger partial charge is 0.472 e. The summed E-state index contributed by atoms with van der Waals surface area (Å²) in [5.74, 6) is -1.55. The van der Waals surface area contributed by atoms with Crippen LogP contribution < -0.4 is 0 Å². The van der Waals surface area contributed by atoms with E-state index in [-0.39, 0.29) is 19.3 Å². The average Bonchev–Trinajstić information content (AvgIpc) is 0.896. The van der Waals surface area contributed by atoms with E-state index in [9.17, 15) is 43.5 Å². The molecule has 0 fully saturated rings. The molecule has 0 aromatic heterocycles. The fourth-order valence-electron chi connectivity index (χ4n) is 16.3. The van der Waals surface area contributed by atoms with Gasteiger partial charge in [0.25, 0.3) is 0 Å². The monoisotopic (exact) mass is 1980 g/mol. The molecule has 0 aromatic rings. The second kappa shape index (κ2) is 112. The van der Waals surface area contributed by atoms with Crippen molar-refractivity contribution in [1.82, 2.24) is 0 Å². The molecule has 139 heavy (non-hydrogen) atoms. The Hall–Kier alpha value is -5.09. The smallest absolute Gasteiger partial charge is 0.463 e. The van der Waals surface area contributed by atoms with Crippen LogP contribution in [-0.2, 0) is 55.8 Å². The number of phosphoric ester groups is 2. The summed E-state index contributed by atoms with van der Waals surface area (Å²) in [6.07, 6.45) is 149. The summed E-state index contributed by atoms with van der Waals surface area (Å²) in [6.45, 7) is 2.62. The zero-order valence-corrected chi connectivity index (χ0v) is 91.2. The van der Waals surface area contributed by atoms with Gasteiger partial charge in [-0.1, -0.05) is 512 Å². The molecule has 0 aliphatic heterocycles. The maximum absolute atomic E-state index is 13.2. The maximum atomic E-state index is 13.2. The highest BCUT2D eigenvalue weighted by molar-refractivity contribution is 7.47. The summed E-state index contributed by atoms with van der Waals surface area (Å²) >= 11 is 0. The van der Waals surface area contributed by atoms with Gasteiger partial charge in [-0.05, 0) is 161 Å². The van der Waals surface area contributed by atoms with Gasteiger partial charge in [-0.3, -0.25) is 32.5 Å². The highest BCUT2D eigenvalue weighted by Crippen LogP contribution is 2.45. The van der Waals surface area contributed by atoms with Crippen LogP contribution in [0.2, 0.25) is 0 Å². The van der Waals surface area contributed by atoms with Gasteiger partial charge in [-0.25, -0.2) is 9.13 Å². The van der Waals surface area contributed by atoms with E-state index in [0.29, 0.717) is 19.3 Å². The lowest BCUT2D eigenvalue weighted by molar-refractivity contribution is -0.161. The van der Waals surface area contributed by atoms with E-state index in [1.54, 1.807) is 0 Å². The zero-order chi connectivity index (χ0) is 101. The SMILES string of the molecule is CC/C=C\C/C=C\C/C=C\C/C=C\C/C=C\C/C=C\CCCCCCCCCCCCCCCCC(=O)OC(COC(=O)CCCCCCCCCCCCCCCCCCCCC/C=C\C/C=C\C/C=C\C/C=C\CCCCC)COP(=O)(O)OCC(O)COP(=O)(O)OCC(O)COC(=O)CCCCCCCCCCCCCCCCCCCCC/C=C\C/C=C\C/C=C\C/C=C\CCCCC. The van der Waals surface area contributed by atoms with Crippen LogP contribution in [0.25, 0.3) is 0 Å². The van der Waals surface area contributed by atoms with E-state index in [1.165, 1.54) is 315 Å². The molecule has 0 rings (SSSR count). The van der Waals surface area contributed by atoms with E-state index in [4.69, 9.17) is 32.3 Å². The van der Waals surface area contributed by atoms with Gasteiger partial charge < -0.3 is 34.2 Å². The predicted octanol–water partition coefficient (Wildman–Crippen LogP) is 37.2. The van der Waals surface area contributed by atoms with Crippen LogP contribution in [0, 0.1) is 0 Å². The molecule has 802 valence electrons. The van der Waals surface area contributed by atoms with E-state index in [1.807, 2.05) is 0 Å². The molecule has 4 N–H and O–H groups in total. The van der Waals surface area contributed by atoms with E-state index >= 15 is 0 Å². The number of hydrogen-bond donors (Lipinski definition) is 4. The van der Waals surface area contributed by atoms with Crippen molar-refractivity contribution in [2.45, 2.75) is 540 Å². The molecular formula is C121H212O16P2. The summed E-state index contributed by atoms with van der Waals surface area (Å²) in [6, 6.07) is 0. The predicted molar refractivity (Wildman–Crippen MR) is 592 cm³/mol. The van der Waals surface area contributed by atoms with Crippen molar-refractivity contribution >= 4 is 33.6 Å². The van der Waals surface area contributed by atoms with Crippen LogP contribution in [-0.4, -0.2) is 95.9 Å². The lowest BCUT2D eigenvalue weighted by Crippen LogP contribution is -2.30. The molecule has 0 radical (unpaired) electrons. The number of aliphatic hydroxyl groups excluding tert-OH is 2. The second-order valence-electron chi connectivity index (χ2n) is 38.5. The molecule has 0 aromatic carbocycles. The third-order valence-corrected chi connectivity index (χ3v) is 26.8. The van der Waals surface area contributed by atoms with Gasteiger partial charge in [0, 0.05) is 19.3 Å². The Morgan fingerprint density at radius 3 is 0.604 bits per heavy atom. The minimum atomic E-state index is -4.95. The van der Waals surface area contributed by atoms with Gasteiger partial charge in [0.15, 0.2) is 6.10 Å². The standard InChI is InChI=1S/C121H212O16P2/c1-4-7-10-13-16-19-22-25-28-31-34-37-40-43-46-49-52-55-57-60-62-65-68-71-74-77-80-83-86-89-92-95-98-101-104-107-119(124)131-110-116(122)111-133-138(127,128)134-112-117(123)113-135-139(129,130)136-115-118(137-121(126)109-106-103-100-97-94-91-88-85-82-79-76-73-70-67-64-59-54-51-48-45-42-39-36-33-30-27-24-21-18-15-12-9-6-3)114-132-120(125)108-105-102-99-96-93-90-87-84-81-78-75-72-69-66-63-61-58-56-53-50-47-44-41-38-35-32-29-26-23-20-17-14-11-8-5-2/h9,12,16-21,25-30,34-39,43-48,54,59,116-118,122-123H,4-8,10-11,13-15,22-24,31-33,40-42,49-53,55-58,60-115H2,1-3H3,(H,127,128)(H,129,130)/b12-9-,19-16-,20-17-,21-18-,28-25-,29-26-,30-27-,37-34-,38-35-,39-36-,46-43-,47-44-,48-45-,59-54-. The minimum Gasteiger partial charge on any atom is -0.463 e. The molecule has 5 atom stereocenters. The summed E-state index contributed by atoms with van der Waals surface area (Å²) in [5.41, 5.74) is 0. The molecule has 18 heteroatoms. The van der Waals surface area contributed by atoms with Crippen molar-refractivity contribution in [1.29, 1.82) is 0 Å². The number of carbonyl (C=O) groups excluding carboxylic acids is 3. The highest BCUT2D eigenvalue weighted by Gasteiger charge is 2.30. The van der Waals surface area contributed by atoms with Crippen LogP contribution in [0.15, 0.2) is 170 Å². The van der Waals surface area contributed by atoms with Crippen LogP contribution in [0.1, 0.15) is 522 Å². The van der Waals surface area contributed by atoms with Gasteiger partial charge in [0.2, 0.25) is 0 Å². The maximum Gasteiger partial charge on any atom is 0.472 e. The lowest BCUT2D eigenvalue weighted by atomic mass is 10.0. The number of ether oxygens (including phenoxy) is 3. The Morgan fingerprint density at radius 1 is 0.209 bits per heavy atom. The molecule has 0 saturated heterocycles. The summed E-state index contributed by atoms with van der Waals surface area (Å²) in [4.78, 5) is 59.4. The van der Waals surface area contributed by atoms with Gasteiger partial charge >= 0.3 is 33.6 Å². The Morgan fingerprint density at radius 2 is 0.381 bits per heavy atom. The third kappa shape index (κ3) is 113. The Kier molecular flexibility index (Phi) is 108. The summed E-state index contributed by atoms with van der Waals surface area (Å²) in [7, 11) is -9.82. The first-order valence-corrected chi connectivity index (χ1v) is 60.4. The first-order chi connectivity index (χ1) is 68.2. The Balaban J connectivity index is 4.59. The van der Waals surface area contributed by atoms with Crippen molar-refractivity contribution in [3.63, 3.8) is 0 Å². The van der Waals surface area contributed by atoms with Crippen LogP contribution in [0.5, 0.6) is 0 Å². The minimum absolute atomic E-state index is 0.102. The molecule has 5 unspecified atom stereocenters. The zero-order valence-electron chi connectivity index (χ0n) is 89.4. The fourth-order valence-corrected chi connectivity index (χ4v) is 17.8. The lowest BCUT2D eigenvalue weighted by Gasteiger charge is -2.21. The Bertz CT molecular complexity index is 3210. The molecule has 0 heterocycles. The first kappa shape index (κ1) is 134. The summed E-state index contributed by atoms with van der Waals surface area (Å²) < 4.78 is 61.9. The third-order valence-electron chi connectivity index (χ3n) is 24.9. The van der Waals surface area contributed by atoms with E-state index in [0.717, 1.165) is 148 Å². The average molecular weight is 1980 g/mol. The molecule has 16 nitrogen and oxygen atoms in total. The molecule has 0 spiro atoms. The second-order valence-corrected chi connectivity index (χ2v) is 41.4. The number of aliphatic hydroxyl groups is 2. The van der Waals surface area contributed by atoms with Crippen molar-refractivity contribution in [3.8, 4) is 0 Å². The number of esters is 3. The summed E-state index contributed by atoms with van der Waals surface area (Å²) in [5, 5.41) is 20.9. The van der Waals surface area contributed by atoms with Gasteiger partial charge in [0.1, 0.15) is 25.4 Å². The number of phosphoric acid groups is 2. The van der Waals surface area contributed by atoms with Gasteiger partial charge in [-0.15, -0.1) is 0 Å². The van der Waals surface area contributed by atoms with Gasteiger partial charge in [-0.2, -0.15) is 0 Å². The van der Waals surface area contributed by atoms with Crippen LogP contribution >= 0.6 is 15.6 Å². The molecular weight excluding hydrogens is 1770 g/mol. The Labute approximate surface area is 853 Å². The van der Waals surface area contributed by atoms with Gasteiger partial charge in [0.05, 0.1) is 26.4 Å². The van der Waals surface area contributed by atoms with Crippen molar-refractivity contribution in [2.75, 3.05) is 39.6 Å². The normalized spacial score (nSPS) is 14.2. The van der Waals surface area contributed by atoms with Crippen LogP contribution in [0.3, 0.4) is 0 Å². The number of hydrogen-bond acceptors (Lipinski definition) is 14. The topological polar surface area (TPSA) is 231 Å². The number of carbonyl (C=O) groups is 3. The number of rotatable bonds is 109. The molecule has 0 saturated carbocycles.